The Morgan fingerprint density at radius 3 is 2.22 bits per heavy atom. The Morgan fingerprint density at radius 2 is 1.64 bits per heavy atom. The highest BCUT2D eigenvalue weighted by Crippen LogP contribution is 2.44. The molecule has 0 bridgehead atoms. The van der Waals surface area contributed by atoms with E-state index >= 15 is 0 Å². The first-order valence-electron chi connectivity index (χ1n) is 15.5. The molecule has 0 saturated heterocycles. The van der Waals surface area contributed by atoms with Gasteiger partial charge < -0.3 is 42.2 Å². The number of nitrogens with zero attached hydrogens (tertiary/aromatic N) is 2. The first kappa shape index (κ1) is 36.9. The van der Waals surface area contributed by atoms with Gasteiger partial charge in [-0.1, -0.05) is 54.5 Å². The summed E-state index contributed by atoms with van der Waals surface area (Å²) in [5.41, 5.74) is 15.4. The number of aromatic amines is 1. The predicted molar refractivity (Wildman–Crippen MR) is 183 cm³/mol. The summed E-state index contributed by atoms with van der Waals surface area (Å²) in [6.45, 7) is 0.138. The highest BCUT2D eigenvalue weighted by molar-refractivity contribution is 7.95. The molecule has 3 amide bonds. The maximum Gasteiger partial charge on any atom is 0.407 e. The maximum absolute atomic E-state index is 13.7. The number of nitrogens with one attached hydrogen (secondary N) is 4. The summed E-state index contributed by atoms with van der Waals surface area (Å²) < 4.78 is 28.8. The lowest BCUT2D eigenvalue weighted by Crippen LogP contribution is -2.55. The Morgan fingerprint density at radius 1 is 1.00 bits per heavy atom. The molecule has 2 aromatic carbocycles. The fourth-order valence-electron chi connectivity index (χ4n) is 5.42. The number of aliphatic imine (C=N–C) groups is 1. The molecule has 1 aromatic heterocycles. The van der Waals surface area contributed by atoms with Crippen molar-refractivity contribution in [2.24, 2.45) is 16.5 Å². The third-order valence-corrected chi connectivity index (χ3v) is 8.11. The number of imidazole rings is 1. The number of hydrogen-bond donors (Lipinski definition) is 7. The van der Waals surface area contributed by atoms with Gasteiger partial charge >= 0.3 is 12.1 Å². The molecule has 1 aliphatic rings. The van der Waals surface area contributed by atoms with Crippen LogP contribution in [0.3, 0.4) is 0 Å². The van der Waals surface area contributed by atoms with Crippen molar-refractivity contribution in [1.29, 1.82) is 0 Å². The second kappa shape index (κ2) is 17.0. The van der Waals surface area contributed by atoms with Crippen molar-refractivity contribution < 1.29 is 37.4 Å². The minimum atomic E-state index is -3.82. The van der Waals surface area contributed by atoms with Gasteiger partial charge in [-0.3, -0.25) is 19.4 Å². The molecule has 0 saturated carbocycles. The van der Waals surface area contributed by atoms with Gasteiger partial charge in [-0.25, -0.2) is 18.2 Å². The van der Waals surface area contributed by atoms with Gasteiger partial charge in [-0.2, -0.15) is 0 Å². The zero-order valence-corrected chi connectivity index (χ0v) is 27.9. The van der Waals surface area contributed by atoms with E-state index in [1.165, 1.54) is 12.5 Å². The molecule has 3 atom stereocenters. The van der Waals surface area contributed by atoms with Crippen molar-refractivity contribution in [2.75, 3.05) is 19.4 Å². The van der Waals surface area contributed by atoms with Crippen LogP contribution in [0.4, 0.5) is 4.79 Å². The topological polar surface area (TPSA) is 261 Å². The van der Waals surface area contributed by atoms with E-state index in [1.807, 2.05) is 53.8 Å². The van der Waals surface area contributed by atoms with Gasteiger partial charge in [0.15, 0.2) is 5.96 Å². The molecule has 0 fully saturated rings. The van der Waals surface area contributed by atoms with Gasteiger partial charge in [0.05, 0.1) is 19.0 Å². The first-order chi connectivity index (χ1) is 23.8. The van der Waals surface area contributed by atoms with Crippen LogP contribution in [0.25, 0.3) is 11.1 Å². The fourth-order valence-corrected chi connectivity index (χ4v) is 5.77. The van der Waals surface area contributed by atoms with Crippen LogP contribution in [-0.2, 0) is 35.4 Å². The number of carbonyl (C=O) groups is 4. The summed E-state index contributed by atoms with van der Waals surface area (Å²) in [6, 6.07) is 11.7. The molecule has 50 heavy (non-hydrogen) atoms. The molecule has 1 aliphatic carbocycles. The van der Waals surface area contributed by atoms with Crippen molar-refractivity contribution in [1.82, 2.24) is 25.9 Å². The Balaban J connectivity index is 1.50. The van der Waals surface area contributed by atoms with Crippen LogP contribution in [0.2, 0.25) is 0 Å². The standard InChI is InChI=1S/C33H38N8O8S/c1-50(47,48)14-12-20(16-29(42)43)39-31(45)28(15-21-17-36-19-38-21)40-30(44)27(11-6-13-37-32(34)35)41-33(46)49-18-26-24-9-4-2-7-22(24)23-8-3-5-10-25(23)26/h2-5,7-10,17,19-20,26-28H,6,11,13,15-16,18H2,1H3,(H,36,38)(H,39,45)(H,40,44)(H,41,46)(H,42,43)(H4,34,35,37)/t20-,27+,28+/m1/s1. The van der Waals surface area contributed by atoms with E-state index in [1.54, 1.807) is 0 Å². The Hall–Kier alpha value is -5.89. The highest BCUT2D eigenvalue weighted by Gasteiger charge is 2.31. The molecule has 0 unspecified atom stereocenters. The number of rotatable bonds is 15. The van der Waals surface area contributed by atoms with E-state index in [-0.39, 0.29) is 44.3 Å². The monoisotopic (exact) mass is 706 g/mol. The Kier molecular flexibility index (Phi) is 12.5. The number of benzene rings is 2. The molecule has 0 spiro atoms. The van der Waals surface area contributed by atoms with E-state index in [9.17, 15) is 32.7 Å². The number of guanidine groups is 1. The van der Waals surface area contributed by atoms with Gasteiger partial charge in [-0.15, -0.1) is 0 Å². The molecular formula is C33H38N8O8S. The van der Waals surface area contributed by atoms with Crippen LogP contribution in [0.15, 0.2) is 66.0 Å². The summed E-state index contributed by atoms with van der Waals surface area (Å²) in [6.07, 6.45) is 2.22. The third-order valence-electron chi connectivity index (χ3n) is 7.62. The van der Waals surface area contributed by atoms with Crippen LogP contribution < -0.4 is 27.4 Å². The number of H-pyrrole nitrogens is 1. The molecule has 1 heterocycles. The summed E-state index contributed by atoms with van der Waals surface area (Å²) >= 11 is 0. The number of aromatic nitrogens is 2. The number of sulfone groups is 1. The number of carbonyl (C=O) groups excluding carboxylic acids is 3. The number of nitrogens with two attached hydrogens (primary N) is 2. The normalized spacial score (nSPS) is 13.6. The van der Waals surface area contributed by atoms with Crippen LogP contribution in [0, 0.1) is 11.2 Å². The minimum absolute atomic E-state index is 0.00740. The zero-order valence-electron chi connectivity index (χ0n) is 27.1. The lowest BCUT2D eigenvalue weighted by Gasteiger charge is -2.24. The van der Waals surface area contributed by atoms with Crippen molar-refractivity contribution in [2.45, 2.75) is 49.7 Å². The van der Waals surface area contributed by atoms with E-state index in [4.69, 9.17) is 16.2 Å². The van der Waals surface area contributed by atoms with Gasteiger partial charge in [-0.05, 0) is 35.1 Å². The summed E-state index contributed by atoms with van der Waals surface area (Å²) in [5, 5.41) is 18.8. The van der Waals surface area contributed by atoms with Crippen molar-refractivity contribution in [3.8, 4) is 22.3 Å². The fraction of sp³-hybridized carbons (Fsp3) is 0.333. The summed E-state index contributed by atoms with van der Waals surface area (Å²) in [4.78, 5) is 62.3. The van der Waals surface area contributed by atoms with Crippen LogP contribution >= 0.6 is 0 Å². The summed E-state index contributed by atoms with van der Waals surface area (Å²) in [5.74, 6) is -1.11. The Bertz CT molecular complexity index is 1850. The average Bonchev–Trinajstić information content (AvgIpc) is 3.69. The van der Waals surface area contributed by atoms with E-state index in [0.717, 1.165) is 28.5 Å². The number of amides is 3. The predicted octanol–water partition coefficient (Wildman–Crippen LogP) is 0.363. The van der Waals surface area contributed by atoms with Gasteiger partial charge in [0, 0.05) is 36.0 Å². The number of hydrogen-bond acceptors (Lipinski definition) is 9. The summed E-state index contributed by atoms with van der Waals surface area (Å²) in [7, 11) is -3.82. The molecular weight excluding hydrogens is 668 g/mol. The smallest absolute Gasteiger partial charge is 0.407 e. The Labute approximate surface area is 288 Å². The van der Waals surface area contributed by atoms with Gasteiger partial charge in [0.2, 0.25) is 21.7 Å². The number of ether oxygens (including phenoxy) is 1. The second-order valence-corrected chi connectivity index (χ2v) is 13.2. The van der Waals surface area contributed by atoms with Crippen LogP contribution in [0.1, 0.15) is 42.0 Å². The van der Waals surface area contributed by atoms with Crippen LogP contribution in [-0.4, -0.2) is 90.9 Å². The molecule has 0 radical (unpaired) electrons. The van der Waals surface area contributed by atoms with Crippen LogP contribution in [0.5, 0.6) is 0 Å². The number of carboxylic acids is 1. The van der Waals surface area contributed by atoms with E-state index in [0.29, 0.717) is 5.69 Å². The van der Waals surface area contributed by atoms with E-state index in [2.05, 4.69) is 36.8 Å². The molecule has 16 nitrogen and oxygen atoms in total. The molecule has 9 N–H and O–H groups in total. The third kappa shape index (κ3) is 10.8. The highest BCUT2D eigenvalue weighted by atomic mass is 32.2. The number of aliphatic carboxylic acids is 1. The maximum atomic E-state index is 13.7. The molecule has 3 aromatic rings. The first-order valence-corrected chi connectivity index (χ1v) is 17.4. The number of fused-ring (bicyclic) bond motifs is 3. The largest absolute Gasteiger partial charge is 0.481 e. The molecule has 264 valence electrons. The number of carboxylic acid groups (broad SMARTS) is 1. The second-order valence-electron chi connectivity index (χ2n) is 11.5. The van der Waals surface area contributed by atoms with Crippen molar-refractivity contribution in [3.63, 3.8) is 0 Å². The van der Waals surface area contributed by atoms with Crippen molar-refractivity contribution >= 4 is 39.7 Å². The van der Waals surface area contributed by atoms with Gasteiger partial charge in [0.1, 0.15) is 24.7 Å². The minimum Gasteiger partial charge on any atom is -0.481 e. The lowest BCUT2D eigenvalue weighted by molar-refractivity contribution is -0.137. The quantitative estimate of drug-likeness (QED) is 0.0373. The number of alkyl carbamates (subject to hydrolysis) is 1. The SMILES string of the molecule is CS(=O)(=O)C#C[C@H](CC(=O)O)NC(=O)[C@H](Cc1cnc[nH]1)NC(=O)[C@H](CCCN=C(N)N)NC(=O)OCC1c2ccccc2-c2ccccc21. The van der Waals surface area contributed by atoms with Gasteiger partial charge in [0.25, 0.3) is 0 Å². The molecule has 0 aliphatic heterocycles. The van der Waals surface area contributed by atoms with Crippen molar-refractivity contribution in [3.05, 3.63) is 77.9 Å². The molecule has 17 heteroatoms. The lowest BCUT2D eigenvalue weighted by atomic mass is 9.98. The molecule has 4 rings (SSSR count). The zero-order chi connectivity index (χ0) is 36.3. The van der Waals surface area contributed by atoms with E-state index < -0.39 is 58.3 Å². The average molecular weight is 707 g/mol.